The second kappa shape index (κ2) is 11.6. The summed E-state index contributed by atoms with van der Waals surface area (Å²) in [4.78, 5) is 29.3. The van der Waals surface area contributed by atoms with E-state index >= 15 is 0 Å². The highest BCUT2D eigenvalue weighted by Gasteiger charge is 2.37. The van der Waals surface area contributed by atoms with Crippen LogP contribution in [0.4, 0.5) is 5.82 Å². The van der Waals surface area contributed by atoms with E-state index in [-0.39, 0.29) is 24.5 Å². The maximum Gasteiger partial charge on any atom is 0.246 e. The number of pyridine rings is 1. The van der Waals surface area contributed by atoms with E-state index in [2.05, 4.69) is 38.3 Å². The molecule has 5 heterocycles. The van der Waals surface area contributed by atoms with E-state index < -0.39 is 0 Å². The van der Waals surface area contributed by atoms with Crippen molar-refractivity contribution < 1.29 is 14.6 Å². The molecule has 3 aromatic heterocycles. The van der Waals surface area contributed by atoms with E-state index in [0.717, 1.165) is 53.8 Å². The third-order valence-electron chi connectivity index (χ3n) is 8.18. The molecule has 0 bridgehead atoms. The van der Waals surface area contributed by atoms with Gasteiger partial charge in [-0.25, -0.2) is 15.0 Å². The van der Waals surface area contributed by atoms with E-state index in [1.54, 1.807) is 11.1 Å². The first-order chi connectivity index (χ1) is 20.5. The lowest BCUT2D eigenvalue weighted by Gasteiger charge is -2.48. The number of hydrogen-bond donors (Lipinski definition) is 2. The molecule has 10 nitrogen and oxygen atoms in total. The largest absolute Gasteiger partial charge is 0.439 e. The average molecular weight is 564 g/mol. The molecule has 1 unspecified atom stereocenters. The van der Waals surface area contributed by atoms with Crippen LogP contribution in [0.15, 0.2) is 67.6 Å². The number of aliphatic hydroxyl groups is 1. The summed E-state index contributed by atoms with van der Waals surface area (Å²) in [5.41, 5.74) is 9.74. The maximum absolute atomic E-state index is 12.1. The first kappa shape index (κ1) is 27.4. The minimum atomic E-state index is -0.176. The lowest BCUT2D eigenvalue weighted by molar-refractivity contribution is -0.132. The van der Waals surface area contributed by atoms with Gasteiger partial charge in [0.05, 0.1) is 18.0 Å². The molecule has 2 fully saturated rings. The molecule has 42 heavy (non-hydrogen) atoms. The number of benzene rings is 1. The topological polar surface area (TPSA) is 123 Å². The van der Waals surface area contributed by atoms with Gasteiger partial charge in [-0.15, -0.1) is 0 Å². The number of aliphatic hydroxyl groups excluding tert-OH is 1. The Bertz CT molecular complexity index is 1670. The van der Waals surface area contributed by atoms with Gasteiger partial charge in [0.2, 0.25) is 11.8 Å². The minimum absolute atomic E-state index is 0.0424. The van der Waals surface area contributed by atoms with Gasteiger partial charge >= 0.3 is 0 Å². The third-order valence-corrected chi connectivity index (χ3v) is 8.18. The van der Waals surface area contributed by atoms with Gasteiger partial charge in [-0.2, -0.15) is 0 Å². The lowest BCUT2D eigenvalue weighted by Crippen LogP contribution is -2.58. The van der Waals surface area contributed by atoms with Crippen molar-refractivity contribution in [3.8, 4) is 34.6 Å². The van der Waals surface area contributed by atoms with Crippen LogP contribution in [0.25, 0.3) is 22.2 Å². The van der Waals surface area contributed by atoms with Gasteiger partial charge in [0, 0.05) is 56.5 Å². The number of nitrogens with zero attached hydrogens (tertiary/aromatic N) is 6. The Hall–Kier alpha value is -4.72. The lowest BCUT2D eigenvalue weighted by atomic mass is 9.90. The van der Waals surface area contributed by atoms with Gasteiger partial charge in [-0.1, -0.05) is 30.7 Å². The van der Waals surface area contributed by atoms with Gasteiger partial charge in [0.1, 0.15) is 29.2 Å². The van der Waals surface area contributed by atoms with E-state index in [0.29, 0.717) is 30.0 Å². The van der Waals surface area contributed by atoms with Crippen molar-refractivity contribution in [1.82, 2.24) is 29.3 Å². The quantitative estimate of drug-likeness (QED) is 0.271. The number of rotatable bonds is 6. The van der Waals surface area contributed by atoms with Crippen LogP contribution in [0.3, 0.4) is 0 Å². The number of aryl methyl sites for hydroxylation is 1. The summed E-state index contributed by atoms with van der Waals surface area (Å²) in [6.45, 7) is 5.88. The number of fused-ring (bicyclic) bond motifs is 1. The second-order valence-electron chi connectivity index (χ2n) is 10.7. The Labute approximate surface area is 244 Å². The molecule has 6 rings (SSSR count). The van der Waals surface area contributed by atoms with Gasteiger partial charge < -0.3 is 25.0 Å². The van der Waals surface area contributed by atoms with Crippen LogP contribution in [0.2, 0.25) is 0 Å². The van der Waals surface area contributed by atoms with Crippen molar-refractivity contribution in [2.75, 3.05) is 32.0 Å². The number of nitrogen functional groups attached to an aromatic ring is 1. The fourth-order valence-electron chi connectivity index (χ4n) is 5.94. The molecular weight excluding hydrogens is 530 g/mol. The molecule has 0 radical (unpaired) electrons. The standard InChI is InChI=1S/C32H33N7O3/c1-3-28(41)39-15-13-23(16-24(39)19-40)38-17-21(18-38)7-12-26-29(30-31(33)35-20-36-32(30)37(26)2)22-8-10-25(11-9-22)42-27-6-4-5-14-34-27/h3-6,8-11,14,20-21,23-24,40H,1,13,15-19H2,2H3,(H2,33,35,36)/t23?,24-/m0/s1. The summed E-state index contributed by atoms with van der Waals surface area (Å²) in [6, 6.07) is 13.4. The molecule has 0 spiro atoms. The van der Waals surface area contributed by atoms with Crippen molar-refractivity contribution in [3.05, 3.63) is 73.3 Å². The van der Waals surface area contributed by atoms with Crippen molar-refractivity contribution in [3.63, 3.8) is 0 Å². The number of carbonyl (C=O) groups excluding carboxylic acids is 1. The second-order valence-corrected chi connectivity index (χ2v) is 10.7. The zero-order chi connectivity index (χ0) is 29.2. The highest BCUT2D eigenvalue weighted by atomic mass is 16.5. The molecule has 4 aromatic rings. The zero-order valence-corrected chi connectivity index (χ0v) is 23.5. The fourth-order valence-corrected chi connectivity index (χ4v) is 5.94. The Morgan fingerprint density at radius 1 is 1.19 bits per heavy atom. The number of likely N-dealkylation sites (tertiary alicyclic amines) is 2. The van der Waals surface area contributed by atoms with Crippen LogP contribution >= 0.6 is 0 Å². The third kappa shape index (κ3) is 5.20. The van der Waals surface area contributed by atoms with Crippen LogP contribution in [0.5, 0.6) is 11.6 Å². The average Bonchev–Trinajstić information content (AvgIpc) is 3.29. The van der Waals surface area contributed by atoms with Crippen LogP contribution in [-0.2, 0) is 11.8 Å². The number of hydrogen-bond acceptors (Lipinski definition) is 8. The number of aromatic nitrogens is 4. The molecule has 3 N–H and O–H groups in total. The Balaban J connectivity index is 1.22. The molecule has 2 atom stereocenters. The first-order valence-electron chi connectivity index (χ1n) is 14.0. The van der Waals surface area contributed by atoms with E-state index in [4.69, 9.17) is 10.5 Å². The normalized spacial score (nSPS) is 19.1. The van der Waals surface area contributed by atoms with Gasteiger partial charge in [-0.3, -0.25) is 9.69 Å². The predicted octanol–water partition coefficient (Wildman–Crippen LogP) is 3.23. The fraction of sp³-hybridized carbons (Fsp3) is 0.312. The van der Waals surface area contributed by atoms with E-state index in [1.807, 2.05) is 54.1 Å². The first-order valence-corrected chi connectivity index (χ1v) is 14.0. The number of ether oxygens (including phenoxy) is 1. The molecule has 0 aliphatic carbocycles. The van der Waals surface area contributed by atoms with Crippen LogP contribution in [0, 0.1) is 17.8 Å². The van der Waals surface area contributed by atoms with Gasteiger partial charge in [0.15, 0.2) is 0 Å². The van der Waals surface area contributed by atoms with Crippen molar-refractivity contribution in [2.45, 2.75) is 24.9 Å². The number of piperidine rings is 1. The van der Waals surface area contributed by atoms with E-state index in [9.17, 15) is 9.90 Å². The summed E-state index contributed by atoms with van der Waals surface area (Å²) in [5.74, 6) is 8.62. The SMILES string of the molecule is C=CC(=O)N1CCC(N2CC(C#Cc3c(-c4ccc(Oc5ccccn5)cc4)c4c(N)ncnc4n3C)C2)C[C@H]1CO. The smallest absolute Gasteiger partial charge is 0.246 e. The summed E-state index contributed by atoms with van der Waals surface area (Å²) in [6.07, 6.45) is 6.11. The highest BCUT2D eigenvalue weighted by Crippen LogP contribution is 2.37. The van der Waals surface area contributed by atoms with Crippen molar-refractivity contribution in [1.29, 1.82) is 0 Å². The monoisotopic (exact) mass is 563 g/mol. The molecule has 214 valence electrons. The van der Waals surface area contributed by atoms with E-state index in [1.165, 1.54) is 12.4 Å². The van der Waals surface area contributed by atoms with Crippen molar-refractivity contribution >= 4 is 22.8 Å². The number of anilines is 1. The molecule has 2 saturated heterocycles. The van der Waals surface area contributed by atoms with Gasteiger partial charge in [-0.05, 0) is 48.6 Å². The Morgan fingerprint density at radius 2 is 2.00 bits per heavy atom. The molecule has 2 aliphatic heterocycles. The highest BCUT2D eigenvalue weighted by molar-refractivity contribution is 6.03. The summed E-state index contributed by atoms with van der Waals surface area (Å²) in [5, 5.41) is 10.6. The van der Waals surface area contributed by atoms with Crippen LogP contribution in [0.1, 0.15) is 18.5 Å². The molecular formula is C32H33N7O3. The van der Waals surface area contributed by atoms with Crippen LogP contribution < -0.4 is 10.5 Å². The summed E-state index contributed by atoms with van der Waals surface area (Å²) in [7, 11) is 1.95. The minimum Gasteiger partial charge on any atom is -0.439 e. The maximum atomic E-state index is 12.1. The molecule has 10 heteroatoms. The molecule has 0 saturated carbocycles. The Kier molecular flexibility index (Phi) is 7.61. The predicted molar refractivity (Wildman–Crippen MR) is 160 cm³/mol. The van der Waals surface area contributed by atoms with Crippen LogP contribution in [-0.4, -0.2) is 78.7 Å². The zero-order valence-electron chi connectivity index (χ0n) is 23.5. The summed E-state index contributed by atoms with van der Waals surface area (Å²) >= 11 is 0. The van der Waals surface area contributed by atoms with Gasteiger partial charge in [0.25, 0.3) is 0 Å². The number of carbonyl (C=O) groups is 1. The number of nitrogens with two attached hydrogens (primary N) is 1. The molecule has 2 aliphatic rings. The molecule has 1 aromatic carbocycles. The summed E-state index contributed by atoms with van der Waals surface area (Å²) < 4.78 is 7.85. The number of amides is 1. The van der Waals surface area contributed by atoms with Crippen molar-refractivity contribution in [2.24, 2.45) is 13.0 Å². The molecule has 1 amide bonds. The Morgan fingerprint density at radius 3 is 2.71 bits per heavy atom.